The van der Waals surface area contributed by atoms with Gasteiger partial charge in [-0.3, -0.25) is 10.1 Å². The van der Waals surface area contributed by atoms with Crippen molar-refractivity contribution in [3.05, 3.63) is 46.0 Å². The normalized spacial score (nSPS) is 12.4. The van der Waals surface area contributed by atoms with Gasteiger partial charge in [-0.15, -0.1) is 0 Å². The van der Waals surface area contributed by atoms with Gasteiger partial charge in [-0.05, 0) is 19.9 Å². The number of nitro benzene ring substituents is 1. The van der Waals surface area contributed by atoms with E-state index >= 15 is 0 Å². The predicted molar refractivity (Wildman–Crippen MR) is 65.9 cm³/mol. The number of benzene rings is 1. The Morgan fingerprint density at radius 1 is 1.50 bits per heavy atom. The molecule has 1 heterocycles. The van der Waals surface area contributed by atoms with Gasteiger partial charge in [0.1, 0.15) is 0 Å². The van der Waals surface area contributed by atoms with Crippen molar-refractivity contribution in [3.8, 4) is 11.3 Å². The third kappa shape index (κ3) is 2.10. The second-order valence-electron chi connectivity index (χ2n) is 4.08. The lowest BCUT2D eigenvalue weighted by molar-refractivity contribution is -0.384. The van der Waals surface area contributed by atoms with Crippen LogP contribution in [0.4, 0.5) is 5.69 Å². The maximum Gasteiger partial charge on any atom is 0.283 e. The fourth-order valence-electron chi connectivity index (χ4n) is 1.72. The molecule has 1 unspecified atom stereocenters. The first-order valence-electron chi connectivity index (χ1n) is 5.46. The van der Waals surface area contributed by atoms with Crippen LogP contribution in [-0.2, 0) is 0 Å². The van der Waals surface area contributed by atoms with Crippen LogP contribution in [0.25, 0.3) is 11.3 Å². The van der Waals surface area contributed by atoms with E-state index in [4.69, 9.17) is 10.2 Å². The van der Waals surface area contributed by atoms with E-state index in [1.165, 1.54) is 6.20 Å². The maximum atomic E-state index is 11.1. The van der Waals surface area contributed by atoms with Crippen molar-refractivity contribution in [2.45, 2.75) is 19.9 Å². The van der Waals surface area contributed by atoms with Crippen LogP contribution in [0.3, 0.4) is 0 Å². The Morgan fingerprint density at radius 3 is 2.78 bits per heavy atom. The van der Waals surface area contributed by atoms with Crippen LogP contribution in [0.5, 0.6) is 0 Å². The molecule has 0 radical (unpaired) electrons. The van der Waals surface area contributed by atoms with Crippen LogP contribution in [0, 0.1) is 17.0 Å². The van der Waals surface area contributed by atoms with E-state index in [0.717, 1.165) is 0 Å². The molecule has 2 rings (SSSR count). The number of para-hydroxylation sites is 1. The molecule has 0 saturated carbocycles. The molecule has 0 fully saturated rings. The summed E-state index contributed by atoms with van der Waals surface area (Å²) < 4.78 is 5.44. The Morgan fingerprint density at radius 2 is 2.22 bits per heavy atom. The standard InChI is InChI=1S/C12H13N3O3/c1-7-4-3-5-9(11(7)15(16)17)10-6-14-12(18-10)8(2)13/h3-6,8H,13H2,1-2H3. The number of aryl methyl sites for hydroxylation is 1. The molecule has 0 aliphatic heterocycles. The number of hydrogen-bond donors (Lipinski definition) is 1. The molecule has 0 amide bonds. The molecule has 2 N–H and O–H groups in total. The minimum atomic E-state index is -0.418. The molecule has 0 aliphatic rings. The minimum absolute atomic E-state index is 0.0323. The van der Waals surface area contributed by atoms with Crippen molar-refractivity contribution in [1.29, 1.82) is 0 Å². The third-order valence-corrected chi connectivity index (χ3v) is 2.60. The Balaban J connectivity index is 2.56. The monoisotopic (exact) mass is 247 g/mol. The van der Waals surface area contributed by atoms with Gasteiger partial charge in [-0.2, -0.15) is 0 Å². The van der Waals surface area contributed by atoms with E-state index in [0.29, 0.717) is 22.8 Å². The van der Waals surface area contributed by atoms with Gasteiger partial charge >= 0.3 is 0 Å². The summed E-state index contributed by atoms with van der Waals surface area (Å²) in [6.07, 6.45) is 1.46. The molecule has 1 atom stereocenters. The summed E-state index contributed by atoms with van der Waals surface area (Å²) >= 11 is 0. The fourth-order valence-corrected chi connectivity index (χ4v) is 1.72. The molecule has 0 aliphatic carbocycles. The SMILES string of the molecule is Cc1cccc(-c2cnc(C(C)N)o2)c1[N+](=O)[O-]. The zero-order valence-electron chi connectivity index (χ0n) is 10.1. The largest absolute Gasteiger partial charge is 0.439 e. The van der Waals surface area contributed by atoms with E-state index in [2.05, 4.69) is 4.98 Å². The van der Waals surface area contributed by atoms with Crippen molar-refractivity contribution in [2.75, 3.05) is 0 Å². The average molecular weight is 247 g/mol. The Labute approximate surface area is 104 Å². The molecule has 6 heteroatoms. The van der Waals surface area contributed by atoms with E-state index in [1.807, 2.05) is 0 Å². The molecular formula is C12H13N3O3. The summed E-state index contributed by atoms with van der Waals surface area (Å²) in [5.41, 5.74) is 6.67. The maximum absolute atomic E-state index is 11.1. The predicted octanol–water partition coefficient (Wildman–Crippen LogP) is 2.58. The topological polar surface area (TPSA) is 95.2 Å². The van der Waals surface area contributed by atoms with Crippen LogP contribution in [0.2, 0.25) is 0 Å². The second kappa shape index (κ2) is 4.58. The first-order chi connectivity index (χ1) is 8.50. The van der Waals surface area contributed by atoms with Crippen molar-refractivity contribution < 1.29 is 9.34 Å². The van der Waals surface area contributed by atoms with Crippen molar-refractivity contribution in [2.24, 2.45) is 5.73 Å². The molecule has 1 aromatic heterocycles. The minimum Gasteiger partial charge on any atom is -0.439 e. The zero-order chi connectivity index (χ0) is 13.3. The van der Waals surface area contributed by atoms with Crippen LogP contribution < -0.4 is 5.73 Å². The van der Waals surface area contributed by atoms with Crippen LogP contribution >= 0.6 is 0 Å². The lowest BCUT2D eigenvalue weighted by Gasteiger charge is -2.02. The molecule has 6 nitrogen and oxygen atoms in total. The molecule has 0 spiro atoms. The van der Waals surface area contributed by atoms with E-state index in [9.17, 15) is 10.1 Å². The molecule has 0 bridgehead atoms. The van der Waals surface area contributed by atoms with Gasteiger partial charge in [0.05, 0.1) is 22.7 Å². The highest BCUT2D eigenvalue weighted by Crippen LogP contribution is 2.33. The van der Waals surface area contributed by atoms with E-state index in [1.54, 1.807) is 32.0 Å². The lowest BCUT2D eigenvalue weighted by Crippen LogP contribution is -2.04. The van der Waals surface area contributed by atoms with Crippen molar-refractivity contribution in [1.82, 2.24) is 4.98 Å². The van der Waals surface area contributed by atoms with Crippen LogP contribution in [0.1, 0.15) is 24.4 Å². The molecule has 2 aromatic rings. The fraction of sp³-hybridized carbons (Fsp3) is 0.250. The summed E-state index contributed by atoms with van der Waals surface area (Å²) in [4.78, 5) is 14.7. The van der Waals surface area contributed by atoms with Gasteiger partial charge in [-0.25, -0.2) is 4.98 Å². The highest BCUT2D eigenvalue weighted by Gasteiger charge is 2.21. The quantitative estimate of drug-likeness (QED) is 0.664. The first kappa shape index (κ1) is 12.3. The summed E-state index contributed by atoms with van der Waals surface area (Å²) in [5.74, 6) is 0.721. The number of nitro groups is 1. The van der Waals surface area contributed by atoms with E-state index < -0.39 is 4.92 Å². The van der Waals surface area contributed by atoms with Crippen LogP contribution in [0.15, 0.2) is 28.8 Å². The van der Waals surface area contributed by atoms with E-state index in [-0.39, 0.29) is 11.7 Å². The Kier molecular flexibility index (Phi) is 3.12. The lowest BCUT2D eigenvalue weighted by atomic mass is 10.1. The number of oxazole rings is 1. The summed E-state index contributed by atoms with van der Waals surface area (Å²) in [6.45, 7) is 3.42. The highest BCUT2D eigenvalue weighted by molar-refractivity contribution is 5.71. The summed E-state index contributed by atoms with van der Waals surface area (Å²) in [5, 5.41) is 11.1. The van der Waals surface area contributed by atoms with Crippen LogP contribution in [-0.4, -0.2) is 9.91 Å². The van der Waals surface area contributed by atoms with Gasteiger partial charge in [0.25, 0.3) is 5.69 Å². The third-order valence-electron chi connectivity index (χ3n) is 2.60. The zero-order valence-corrected chi connectivity index (χ0v) is 10.1. The number of hydrogen-bond acceptors (Lipinski definition) is 5. The number of nitrogens with two attached hydrogens (primary N) is 1. The molecule has 1 aromatic carbocycles. The Hall–Kier alpha value is -2.21. The molecular weight excluding hydrogens is 234 g/mol. The van der Waals surface area contributed by atoms with Gasteiger partial charge < -0.3 is 10.2 Å². The second-order valence-corrected chi connectivity index (χ2v) is 4.08. The molecule has 18 heavy (non-hydrogen) atoms. The highest BCUT2D eigenvalue weighted by atomic mass is 16.6. The average Bonchev–Trinajstić information content (AvgIpc) is 2.77. The van der Waals surface area contributed by atoms with Gasteiger partial charge in [-0.1, -0.05) is 12.1 Å². The number of aromatic nitrogens is 1. The smallest absolute Gasteiger partial charge is 0.283 e. The number of nitrogens with zero attached hydrogens (tertiary/aromatic N) is 2. The Bertz CT molecular complexity index is 590. The van der Waals surface area contributed by atoms with Gasteiger partial charge in [0, 0.05) is 5.56 Å². The van der Waals surface area contributed by atoms with Crippen molar-refractivity contribution in [3.63, 3.8) is 0 Å². The molecule has 94 valence electrons. The van der Waals surface area contributed by atoms with Gasteiger partial charge in [0.2, 0.25) is 5.89 Å². The summed E-state index contributed by atoms with van der Waals surface area (Å²) in [7, 11) is 0. The number of rotatable bonds is 3. The summed E-state index contributed by atoms with van der Waals surface area (Å²) in [6, 6.07) is 4.72. The van der Waals surface area contributed by atoms with Gasteiger partial charge in [0.15, 0.2) is 5.76 Å². The first-order valence-corrected chi connectivity index (χ1v) is 5.46. The molecule has 0 saturated heterocycles. The van der Waals surface area contributed by atoms with Crippen molar-refractivity contribution >= 4 is 5.69 Å².